The van der Waals surface area contributed by atoms with E-state index in [1.165, 1.54) is 20.3 Å². The van der Waals surface area contributed by atoms with Gasteiger partial charge in [0, 0.05) is 0 Å². The molecular weight excluding hydrogens is 310 g/mol. The van der Waals surface area contributed by atoms with Gasteiger partial charge in [-0.1, -0.05) is 18.2 Å². The van der Waals surface area contributed by atoms with Crippen LogP contribution in [0.15, 0.2) is 42.5 Å². The van der Waals surface area contributed by atoms with Crippen LogP contribution in [0.2, 0.25) is 0 Å². The zero-order valence-corrected chi connectivity index (χ0v) is 13.7. The van der Waals surface area contributed by atoms with Crippen molar-refractivity contribution in [2.75, 3.05) is 19.5 Å². The molecule has 1 unspecified atom stereocenters. The van der Waals surface area contributed by atoms with Crippen molar-refractivity contribution in [3.05, 3.63) is 53.6 Å². The number of ether oxygens (including phenoxy) is 2. The smallest absolute Gasteiger partial charge is 0.337 e. The second kappa shape index (κ2) is 7.50. The van der Waals surface area contributed by atoms with Crippen molar-refractivity contribution in [1.29, 1.82) is 0 Å². The number of hydrogen-bond acceptors (Lipinski definition) is 4. The molecule has 24 heavy (non-hydrogen) atoms. The van der Waals surface area contributed by atoms with Gasteiger partial charge in [0.05, 0.1) is 31.4 Å². The summed E-state index contributed by atoms with van der Waals surface area (Å²) in [4.78, 5) is 23.7. The molecule has 0 radical (unpaired) electrons. The third-order valence-corrected chi connectivity index (χ3v) is 3.72. The van der Waals surface area contributed by atoms with E-state index in [1.807, 2.05) is 0 Å². The van der Waals surface area contributed by atoms with Crippen LogP contribution < -0.4 is 14.8 Å². The first-order chi connectivity index (χ1) is 11.5. The predicted octanol–water partition coefficient (Wildman–Crippen LogP) is 3.14. The van der Waals surface area contributed by atoms with E-state index in [1.54, 1.807) is 43.3 Å². The van der Waals surface area contributed by atoms with Crippen LogP contribution in [0.4, 0.5) is 5.69 Å². The number of carboxylic acid groups (broad SMARTS) is 1. The maximum Gasteiger partial charge on any atom is 0.337 e. The summed E-state index contributed by atoms with van der Waals surface area (Å²) in [6.07, 6.45) is 0. The highest BCUT2D eigenvalue weighted by Crippen LogP contribution is 2.31. The first-order valence-corrected chi connectivity index (χ1v) is 7.33. The minimum Gasteiger partial charge on any atom is -0.493 e. The number of carbonyl (C=O) groups is 2. The lowest BCUT2D eigenvalue weighted by molar-refractivity contribution is -0.117. The van der Waals surface area contributed by atoms with E-state index in [9.17, 15) is 14.7 Å². The zero-order chi connectivity index (χ0) is 17.7. The molecule has 0 aliphatic carbocycles. The second-order valence-electron chi connectivity index (χ2n) is 5.18. The monoisotopic (exact) mass is 329 g/mol. The van der Waals surface area contributed by atoms with Crippen LogP contribution in [0.3, 0.4) is 0 Å². The molecule has 2 N–H and O–H groups in total. The normalized spacial score (nSPS) is 11.5. The van der Waals surface area contributed by atoms with E-state index in [-0.39, 0.29) is 17.2 Å². The molecule has 0 saturated carbocycles. The molecular formula is C18H19NO5. The topological polar surface area (TPSA) is 84.9 Å². The Morgan fingerprint density at radius 1 is 1.04 bits per heavy atom. The van der Waals surface area contributed by atoms with Gasteiger partial charge in [-0.3, -0.25) is 4.79 Å². The fourth-order valence-electron chi connectivity index (χ4n) is 2.29. The average Bonchev–Trinajstić information content (AvgIpc) is 2.60. The summed E-state index contributed by atoms with van der Waals surface area (Å²) >= 11 is 0. The summed E-state index contributed by atoms with van der Waals surface area (Å²) in [6, 6.07) is 11.5. The van der Waals surface area contributed by atoms with Crippen LogP contribution >= 0.6 is 0 Å². The number of hydrogen-bond donors (Lipinski definition) is 2. The van der Waals surface area contributed by atoms with Crippen LogP contribution in [0.25, 0.3) is 0 Å². The summed E-state index contributed by atoms with van der Waals surface area (Å²) in [5, 5.41) is 11.8. The molecule has 0 aliphatic heterocycles. The van der Waals surface area contributed by atoms with E-state index < -0.39 is 11.9 Å². The van der Waals surface area contributed by atoms with Crippen LogP contribution in [0, 0.1) is 0 Å². The average molecular weight is 329 g/mol. The van der Waals surface area contributed by atoms with Crippen LogP contribution in [-0.2, 0) is 4.79 Å². The lowest BCUT2D eigenvalue weighted by atomic mass is 9.99. The number of para-hydroxylation sites is 1. The van der Waals surface area contributed by atoms with Gasteiger partial charge in [0.15, 0.2) is 11.5 Å². The lowest BCUT2D eigenvalue weighted by Gasteiger charge is -2.16. The Labute approximate surface area is 140 Å². The second-order valence-corrected chi connectivity index (χ2v) is 5.18. The van der Waals surface area contributed by atoms with Gasteiger partial charge >= 0.3 is 5.97 Å². The highest BCUT2D eigenvalue weighted by Gasteiger charge is 2.19. The molecule has 126 valence electrons. The number of amides is 1. The van der Waals surface area contributed by atoms with Gasteiger partial charge in [-0.05, 0) is 36.8 Å². The molecule has 1 amide bonds. The molecule has 0 spiro atoms. The van der Waals surface area contributed by atoms with Crippen molar-refractivity contribution < 1.29 is 24.2 Å². The van der Waals surface area contributed by atoms with Crippen molar-refractivity contribution in [3.63, 3.8) is 0 Å². The quantitative estimate of drug-likeness (QED) is 0.850. The van der Waals surface area contributed by atoms with Gasteiger partial charge in [0.2, 0.25) is 5.91 Å². The zero-order valence-electron chi connectivity index (χ0n) is 13.7. The summed E-state index contributed by atoms with van der Waals surface area (Å²) < 4.78 is 10.4. The number of aromatic carboxylic acids is 1. The molecule has 1 atom stereocenters. The lowest BCUT2D eigenvalue weighted by Crippen LogP contribution is -2.20. The Morgan fingerprint density at radius 2 is 1.71 bits per heavy atom. The van der Waals surface area contributed by atoms with Crippen LogP contribution in [0.5, 0.6) is 11.5 Å². The Kier molecular flexibility index (Phi) is 5.42. The first kappa shape index (κ1) is 17.3. The fourth-order valence-corrected chi connectivity index (χ4v) is 2.29. The molecule has 0 heterocycles. The number of benzene rings is 2. The van der Waals surface area contributed by atoms with Crippen molar-refractivity contribution >= 4 is 17.6 Å². The minimum absolute atomic E-state index is 0.0466. The van der Waals surface area contributed by atoms with E-state index in [0.29, 0.717) is 11.5 Å². The van der Waals surface area contributed by atoms with Gasteiger partial charge in [-0.2, -0.15) is 0 Å². The van der Waals surface area contributed by atoms with Crippen molar-refractivity contribution in [2.24, 2.45) is 0 Å². The summed E-state index contributed by atoms with van der Waals surface area (Å²) in [6.45, 7) is 1.74. The van der Waals surface area contributed by atoms with Crippen molar-refractivity contribution in [1.82, 2.24) is 0 Å². The van der Waals surface area contributed by atoms with Gasteiger partial charge in [0.25, 0.3) is 0 Å². The molecule has 6 nitrogen and oxygen atoms in total. The third-order valence-electron chi connectivity index (χ3n) is 3.72. The number of rotatable bonds is 6. The largest absolute Gasteiger partial charge is 0.493 e. The molecule has 0 saturated heterocycles. The fraction of sp³-hybridized carbons (Fsp3) is 0.222. The third kappa shape index (κ3) is 3.65. The molecule has 0 fully saturated rings. The van der Waals surface area contributed by atoms with E-state index >= 15 is 0 Å². The van der Waals surface area contributed by atoms with E-state index in [2.05, 4.69) is 5.32 Å². The number of carbonyl (C=O) groups excluding carboxylic acids is 1. The summed E-state index contributed by atoms with van der Waals surface area (Å²) in [7, 11) is 3.06. The maximum atomic E-state index is 12.5. The number of methoxy groups -OCH3 is 2. The van der Waals surface area contributed by atoms with Gasteiger partial charge < -0.3 is 19.9 Å². The Balaban J connectivity index is 2.23. The Hall–Kier alpha value is -3.02. The van der Waals surface area contributed by atoms with Crippen LogP contribution in [-0.4, -0.2) is 31.2 Å². The van der Waals surface area contributed by atoms with Gasteiger partial charge in [0.1, 0.15) is 0 Å². The maximum absolute atomic E-state index is 12.5. The number of nitrogens with one attached hydrogen (secondary N) is 1. The minimum atomic E-state index is -1.09. The molecule has 0 aliphatic rings. The molecule has 6 heteroatoms. The van der Waals surface area contributed by atoms with E-state index in [0.717, 1.165) is 5.56 Å². The van der Waals surface area contributed by atoms with E-state index in [4.69, 9.17) is 9.47 Å². The SMILES string of the molecule is COc1ccc(C(C)C(=O)Nc2ccccc2C(=O)O)cc1OC. The van der Waals surface area contributed by atoms with Gasteiger partial charge in [-0.25, -0.2) is 4.79 Å². The van der Waals surface area contributed by atoms with Crippen LogP contribution in [0.1, 0.15) is 28.8 Å². The predicted molar refractivity (Wildman–Crippen MR) is 90.0 cm³/mol. The highest BCUT2D eigenvalue weighted by molar-refractivity contribution is 6.02. The molecule has 0 aromatic heterocycles. The van der Waals surface area contributed by atoms with Crippen molar-refractivity contribution in [2.45, 2.75) is 12.8 Å². The number of anilines is 1. The molecule has 2 rings (SSSR count). The molecule has 2 aromatic rings. The first-order valence-electron chi connectivity index (χ1n) is 7.33. The molecule has 2 aromatic carbocycles. The molecule has 0 bridgehead atoms. The Bertz CT molecular complexity index is 757. The van der Waals surface area contributed by atoms with Crippen molar-refractivity contribution in [3.8, 4) is 11.5 Å². The summed E-state index contributed by atoms with van der Waals surface area (Å²) in [5.41, 5.74) is 1.05. The standard InChI is InChI=1S/C18H19NO5/c1-11(12-8-9-15(23-2)16(10-12)24-3)17(20)19-14-7-5-4-6-13(14)18(21)22/h4-11H,1-3H3,(H,19,20)(H,21,22). The highest BCUT2D eigenvalue weighted by atomic mass is 16.5. The summed E-state index contributed by atoms with van der Waals surface area (Å²) in [5.74, 6) is -0.794. The Morgan fingerprint density at radius 3 is 2.33 bits per heavy atom. The number of carboxylic acids is 1. The van der Waals surface area contributed by atoms with Gasteiger partial charge in [-0.15, -0.1) is 0 Å².